The Morgan fingerprint density at radius 3 is 2.72 bits per heavy atom. The third-order valence-corrected chi connectivity index (χ3v) is 5.42. The zero-order chi connectivity index (χ0) is 20.4. The first-order valence-electron chi connectivity index (χ1n) is 8.90. The van der Waals surface area contributed by atoms with Gasteiger partial charge in [0, 0.05) is 11.4 Å². The highest BCUT2D eigenvalue weighted by Crippen LogP contribution is 2.29. The van der Waals surface area contributed by atoms with Crippen molar-refractivity contribution in [3.05, 3.63) is 69.6 Å². The third-order valence-electron chi connectivity index (χ3n) is 4.26. The van der Waals surface area contributed by atoms with Crippen LogP contribution < -0.4 is 10.3 Å². The van der Waals surface area contributed by atoms with Crippen LogP contribution >= 0.6 is 23.4 Å². The van der Waals surface area contributed by atoms with Gasteiger partial charge >= 0.3 is 0 Å². The predicted octanol–water partition coefficient (Wildman–Crippen LogP) is 4.29. The maximum atomic E-state index is 13.4. The van der Waals surface area contributed by atoms with Gasteiger partial charge in [-0.3, -0.25) is 9.36 Å². The van der Waals surface area contributed by atoms with E-state index in [0.29, 0.717) is 56.5 Å². The average Bonchev–Trinajstić information content (AvgIpc) is 3.20. The number of thioether (sulfide) groups is 1. The number of aryl methyl sites for hydroxylation is 1. The molecule has 0 saturated carbocycles. The summed E-state index contributed by atoms with van der Waals surface area (Å²) >= 11 is 7.44. The van der Waals surface area contributed by atoms with Crippen LogP contribution in [0.4, 0.5) is 0 Å². The summed E-state index contributed by atoms with van der Waals surface area (Å²) in [6, 6.07) is 12.3. The molecular formula is C20H17ClN4O3S. The van der Waals surface area contributed by atoms with Crippen molar-refractivity contribution in [1.82, 2.24) is 19.7 Å². The highest BCUT2D eigenvalue weighted by molar-refractivity contribution is 7.98. The Balaban J connectivity index is 1.87. The van der Waals surface area contributed by atoms with E-state index in [4.69, 9.17) is 20.8 Å². The Bertz CT molecular complexity index is 1240. The van der Waals surface area contributed by atoms with Crippen LogP contribution in [0.5, 0.6) is 5.75 Å². The summed E-state index contributed by atoms with van der Waals surface area (Å²) in [5.41, 5.74) is 0.918. The first kappa shape index (κ1) is 19.5. The van der Waals surface area contributed by atoms with Gasteiger partial charge in [-0.1, -0.05) is 42.4 Å². The van der Waals surface area contributed by atoms with Crippen LogP contribution in [0.2, 0.25) is 5.02 Å². The van der Waals surface area contributed by atoms with Gasteiger partial charge in [-0.25, -0.2) is 4.98 Å². The average molecular weight is 429 g/mol. The second-order valence-electron chi connectivity index (χ2n) is 6.10. The number of benzene rings is 2. The van der Waals surface area contributed by atoms with Gasteiger partial charge in [-0.05, 0) is 30.3 Å². The van der Waals surface area contributed by atoms with Crippen LogP contribution in [0.25, 0.3) is 16.6 Å². The van der Waals surface area contributed by atoms with Gasteiger partial charge in [0.2, 0.25) is 11.8 Å². The molecule has 2 aromatic carbocycles. The molecule has 2 aromatic heterocycles. The Morgan fingerprint density at radius 1 is 1.17 bits per heavy atom. The van der Waals surface area contributed by atoms with Crippen LogP contribution in [-0.4, -0.2) is 26.9 Å². The first-order valence-corrected chi connectivity index (χ1v) is 10.3. The Morgan fingerprint density at radius 2 is 1.97 bits per heavy atom. The molecule has 0 unspecified atom stereocenters. The summed E-state index contributed by atoms with van der Waals surface area (Å²) in [5.74, 6) is 1.98. The second kappa shape index (κ2) is 8.26. The molecule has 0 N–H and O–H groups in total. The number of hydrogen-bond donors (Lipinski definition) is 0. The number of aromatic nitrogens is 4. The molecule has 7 nitrogen and oxygen atoms in total. The number of nitrogens with zero attached hydrogens (tertiary/aromatic N) is 4. The number of halogens is 1. The molecule has 0 aliphatic heterocycles. The summed E-state index contributed by atoms with van der Waals surface area (Å²) in [7, 11) is 1.57. The van der Waals surface area contributed by atoms with E-state index in [1.807, 2.05) is 25.1 Å². The number of fused-ring (bicyclic) bond motifs is 1. The molecule has 2 heterocycles. The summed E-state index contributed by atoms with van der Waals surface area (Å²) in [4.78, 5) is 18.0. The van der Waals surface area contributed by atoms with E-state index in [1.165, 1.54) is 16.3 Å². The van der Waals surface area contributed by atoms with Crippen molar-refractivity contribution in [2.45, 2.75) is 24.3 Å². The van der Waals surface area contributed by atoms with Gasteiger partial charge in [-0.15, -0.1) is 10.2 Å². The van der Waals surface area contributed by atoms with Crippen molar-refractivity contribution >= 4 is 34.3 Å². The van der Waals surface area contributed by atoms with Crippen LogP contribution in [0.3, 0.4) is 0 Å². The number of hydrogen-bond acceptors (Lipinski definition) is 7. The topological polar surface area (TPSA) is 83.0 Å². The molecule has 0 amide bonds. The quantitative estimate of drug-likeness (QED) is 0.334. The first-order chi connectivity index (χ1) is 14.1. The maximum absolute atomic E-state index is 13.4. The zero-order valence-electron chi connectivity index (χ0n) is 15.8. The lowest BCUT2D eigenvalue weighted by molar-refractivity contribution is 0.411. The SMILES string of the molecule is CCc1nnc(CSc2nc3cc(Cl)ccc3c(=O)n2-c2ccccc2OC)o1. The predicted molar refractivity (Wildman–Crippen MR) is 112 cm³/mol. The number of ether oxygens (including phenoxy) is 1. The lowest BCUT2D eigenvalue weighted by atomic mass is 10.2. The lowest BCUT2D eigenvalue weighted by Crippen LogP contribution is -2.22. The van der Waals surface area contributed by atoms with Crippen LogP contribution in [0.1, 0.15) is 18.7 Å². The van der Waals surface area contributed by atoms with Crippen molar-refractivity contribution in [3.8, 4) is 11.4 Å². The normalized spacial score (nSPS) is 11.1. The smallest absolute Gasteiger partial charge is 0.266 e. The van der Waals surface area contributed by atoms with Gasteiger partial charge in [0.1, 0.15) is 5.75 Å². The minimum absolute atomic E-state index is 0.210. The molecule has 29 heavy (non-hydrogen) atoms. The highest BCUT2D eigenvalue weighted by Gasteiger charge is 2.17. The highest BCUT2D eigenvalue weighted by atomic mass is 35.5. The maximum Gasteiger partial charge on any atom is 0.266 e. The molecule has 0 bridgehead atoms. The molecule has 0 spiro atoms. The lowest BCUT2D eigenvalue weighted by Gasteiger charge is -2.15. The van der Waals surface area contributed by atoms with E-state index in [9.17, 15) is 4.79 Å². The van der Waals surface area contributed by atoms with Gasteiger partial charge in [-0.2, -0.15) is 0 Å². The third kappa shape index (κ3) is 3.86. The summed E-state index contributed by atoms with van der Waals surface area (Å²) < 4.78 is 12.6. The summed E-state index contributed by atoms with van der Waals surface area (Å²) in [5, 5.41) is 9.48. The molecule has 9 heteroatoms. The molecule has 0 aliphatic carbocycles. The van der Waals surface area contributed by atoms with Gasteiger partial charge in [0.15, 0.2) is 5.16 Å². The Labute approximate surface area is 175 Å². The van der Waals surface area contributed by atoms with Crippen molar-refractivity contribution < 1.29 is 9.15 Å². The molecule has 0 fully saturated rings. The molecule has 4 rings (SSSR count). The van der Waals surface area contributed by atoms with Crippen LogP contribution in [-0.2, 0) is 12.2 Å². The summed E-state index contributed by atoms with van der Waals surface area (Å²) in [6.45, 7) is 1.94. The van der Waals surface area contributed by atoms with Crippen LogP contribution in [0.15, 0.2) is 56.8 Å². The van der Waals surface area contributed by atoms with E-state index in [2.05, 4.69) is 15.2 Å². The molecule has 0 saturated heterocycles. The van der Waals surface area contributed by atoms with E-state index in [1.54, 1.807) is 31.4 Å². The molecule has 0 aliphatic rings. The molecule has 4 aromatic rings. The standard InChI is InChI=1S/C20H17ClN4O3S/c1-3-17-23-24-18(28-17)11-29-20-22-14-10-12(21)8-9-13(14)19(26)25(20)15-6-4-5-7-16(15)27-2/h4-10H,3,11H2,1-2H3. The van der Waals surface area contributed by atoms with Crippen LogP contribution in [0, 0.1) is 0 Å². The number of rotatable bonds is 6. The van der Waals surface area contributed by atoms with E-state index >= 15 is 0 Å². The van der Waals surface area contributed by atoms with Gasteiger partial charge < -0.3 is 9.15 Å². The minimum Gasteiger partial charge on any atom is -0.495 e. The number of methoxy groups -OCH3 is 1. The van der Waals surface area contributed by atoms with Gasteiger partial charge in [0.25, 0.3) is 5.56 Å². The van der Waals surface area contributed by atoms with E-state index in [-0.39, 0.29) is 5.56 Å². The largest absolute Gasteiger partial charge is 0.495 e. The monoisotopic (exact) mass is 428 g/mol. The fourth-order valence-electron chi connectivity index (χ4n) is 2.88. The second-order valence-corrected chi connectivity index (χ2v) is 7.48. The molecule has 148 valence electrons. The van der Waals surface area contributed by atoms with E-state index in [0.717, 1.165) is 0 Å². The Hall–Kier alpha value is -2.84. The fourth-order valence-corrected chi connectivity index (χ4v) is 3.89. The van der Waals surface area contributed by atoms with Crippen molar-refractivity contribution in [2.24, 2.45) is 0 Å². The summed E-state index contributed by atoms with van der Waals surface area (Å²) in [6.07, 6.45) is 0.663. The van der Waals surface area contributed by atoms with E-state index < -0.39 is 0 Å². The van der Waals surface area contributed by atoms with Crippen molar-refractivity contribution in [3.63, 3.8) is 0 Å². The minimum atomic E-state index is -0.210. The fraction of sp³-hybridized carbons (Fsp3) is 0.200. The number of para-hydroxylation sites is 2. The van der Waals surface area contributed by atoms with Crippen molar-refractivity contribution in [1.29, 1.82) is 0 Å². The molecule has 0 atom stereocenters. The van der Waals surface area contributed by atoms with Crippen molar-refractivity contribution in [2.75, 3.05) is 7.11 Å². The Kier molecular flexibility index (Phi) is 5.55. The molecule has 0 radical (unpaired) electrons. The zero-order valence-corrected chi connectivity index (χ0v) is 17.3. The van der Waals surface area contributed by atoms with Gasteiger partial charge in [0.05, 0.1) is 29.5 Å². The molecular weight excluding hydrogens is 412 g/mol.